The van der Waals surface area contributed by atoms with Gasteiger partial charge in [0.05, 0.1) is 0 Å². The van der Waals surface area contributed by atoms with E-state index in [4.69, 9.17) is 0 Å². The maximum absolute atomic E-state index is 9.54. The molecule has 1 saturated heterocycles. The molecule has 2 N–H and O–H groups in total. The van der Waals surface area contributed by atoms with Gasteiger partial charge in [-0.3, -0.25) is 4.90 Å². The van der Waals surface area contributed by atoms with Gasteiger partial charge in [0.15, 0.2) is 11.5 Å². The number of oxime groups is 2. The number of hydrogen-bond donors (Lipinski definition) is 2. The van der Waals surface area contributed by atoms with E-state index >= 15 is 0 Å². The molecule has 0 unspecified atom stereocenters. The van der Waals surface area contributed by atoms with Gasteiger partial charge >= 0.3 is 19.5 Å². The van der Waals surface area contributed by atoms with Crippen molar-refractivity contribution in [1.82, 2.24) is 9.80 Å². The standard InChI is InChI=1S/C20H24N4O2.O.Zn/c1-16-7-9-18(10-8-16)19(21-25)20(22-26)24-13-11-23(12-14-24)15-17-5-3-2-4-6-17;;/h2-10,25-26H,11-15H2,1H3;;/q;-2;+2/b21-19+,22-20-;;. The third-order valence-electron chi connectivity index (χ3n) is 4.65. The fourth-order valence-corrected chi connectivity index (χ4v) is 3.16. The third kappa shape index (κ3) is 5.86. The molecule has 2 aromatic carbocycles. The number of rotatable bonds is 4. The maximum atomic E-state index is 9.54. The van der Waals surface area contributed by atoms with E-state index in [1.807, 2.05) is 54.3 Å². The first-order chi connectivity index (χ1) is 12.7. The number of amidine groups is 1. The Hall–Kier alpha value is -2.28. The first-order valence-corrected chi connectivity index (χ1v) is 8.74. The number of benzene rings is 2. The van der Waals surface area contributed by atoms with Crippen molar-refractivity contribution < 1.29 is 35.4 Å². The third-order valence-corrected chi connectivity index (χ3v) is 4.65. The molecular weight excluding hydrogens is 410 g/mol. The smallest absolute Gasteiger partial charge is 2.00 e. The largest absolute Gasteiger partial charge is 2.00 e. The fourth-order valence-electron chi connectivity index (χ4n) is 3.16. The molecule has 3 rings (SSSR count). The molecule has 1 aliphatic rings. The van der Waals surface area contributed by atoms with Crippen molar-refractivity contribution in [1.29, 1.82) is 0 Å². The first-order valence-electron chi connectivity index (χ1n) is 8.74. The summed E-state index contributed by atoms with van der Waals surface area (Å²) in [6.07, 6.45) is 0. The van der Waals surface area contributed by atoms with Crippen LogP contribution in [-0.4, -0.2) is 57.9 Å². The molecule has 0 aliphatic carbocycles. The monoisotopic (exact) mass is 432 g/mol. The van der Waals surface area contributed by atoms with E-state index < -0.39 is 0 Å². The number of hydrogen-bond acceptors (Lipinski definition) is 5. The second kappa shape index (κ2) is 11.5. The minimum absolute atomic E-state index is 0. The zero-order valence-electron chi connectivity index (χ0n) is 16.0. The molecule has 0 bridgehead atoms. The van der Waals surface area contributed by atoms with Crippen molar-refractivity contribution in [3.05, 3.63) is 71.3 Å². The summed E-state index contributed by atoms with van der Waals surface area (Å²) in [5, 5.41) is 25.8. The van der Waals surface area contributed by atoms with Crippen LogP contribution < -0.4 is 0 Å². The summed E-state index contributed by atoms with van der Waals surface area (Å²) in [5.41, 5.74) is 3.40. The average molecular weight is 434 g/mol. The SMILES string of the molecule is Cc1ccc(C(=N\O)/C(=N/O)N2CCN(Cc3ccccc3)CC2)cc1.[O-2].[Zn+2]. The molecule has 0 spiro atoms. The Morgan fingerprint density at radius 1 is 0.893 bits per heavy atom. The minimum atomic E-state index is 0. The van der Waals surface area contributed by atoms with Crippen LogP contribution in [0.2, 0.25) is 0 Å². The summed E-state index contributed by atoms with van der Waals surface area (Å²) >= 11 is 0. The number of aryl methyl sites for hydroxylation is 1. The van der Waals surface area contributed by atoms with Crippen LogP contribution in [0.15, 0.2) is 64.9 Å². The molecule has 8 heteroatoms. The summed E-state index contributed by atoms with van der Waals surface area (Å²) in [4.78, 5) is 4.32. The fraction of sp³-hybridized carbons (Fsp3) is 0.300. The maximum Gasteiger partial charge on any atom is 2.00 e. The van der Waals surface area contributed by atoms with Gasteiger partial charge in [0.25, 0.3) is 0 Å². The van der Waals surface area contributed by atoms with Crippen LogP contribution >= 0.6 is 0 Å². The Balaban J connectivity index is 0.00000196. The number of nitrogens with zero attached hydrogens (tertiary/aromatic N) is 4. The summed E-state index contributed by atoms with van der Waals surface area (Å²) in [5.74, 6) is 0.302. The van der Waals surface area contributed by atoms with Gasteiger partial charge in [0, 0.05) is 38.3 Å². The summed E-state index contributed by atoms with van der Waals surface area (Å²) < 4.78 is 0. The zero-order valence-corrected chi connectivity index (χ0v) is 19.0. The second-order valence-corrected chi connectivity index (χ2v) is 6.49. The van der Waals surface area contributed by atoms with E-state index in [1.165, 1.54) is 5.56 Å². The zero-order chi connectivity index (χ0) is 18.4. The van der Waals surface area contributed by atoms with Gasteiger partial charge < -0.3 is 20.8 Å². The van der Waals surface area contributed by atoms with Crippen molar-refractivity contribution in [3.63, 3.8) is 0 Å². The van der Waals surface area contributed by atoms with E-state index in [-0.39, 0.29) is 30.7 Å². The van der Waals surface area contributed by atoms with Gasteiger partial charge in [-0.15, -0.1) is 0 Å². The van der Waals surface area contributed by atoms with Crippen molar-refractivity contribution >= 4 is 11.5 Å². The van der Waals surface area contributed by atoms with Crippen molar-refractivity contribution in [2.24, 2.45) is 10.3 Å². The molecule has 144 valence electrons. The van der Waals surface area contributed by atoms with Gasteiger partial charge in [0.1, 0.15) is 0 Å². The van der Waals surface area contributed by atoms with Crippen LogP contribution in [0.25, 0.3) is 0 Å². The topological polar surface area (TPSA) is 100 Å². The predicted molar refractivity (Wildman–Crippen MR) is 103 cm³/mol. The molecule has 0 radical (unpaired) electrons. The molecule has 1 fully saturated rings. The molecular formula is C20H24N4O3Zn. The Morgan fingerprint density at radius 3 is 2.04 bits per heavy atom. The molecule has 7 nitrogen and oxygen atoms in total. The first kappa shape index (κ1) is 23.8. The molecule has 1 aliphatic heterocycles. The van der Waals surface area contributed by atoms with E-state index in [0.29, 0.717) is 18.9 Å². The van der Waals surface area contributed by atoms with Crippen LogP contribution in [0.5, 0.6) is 0 Å². The van der Waals surface area contributed by atoms with E-state index in [0.717, 1.165) is 30.8 Å². The Kier molecular flexibility index (Phi) is 9.79. The van der Waals surface area contributed by atoms with Gasteiger partial charge in [0.2, 0.25) is 0 Å². The van der Waals surface area contributed by atoms with Crippen LogP contribution in [0.1, 0.15) is 16.7 Å². The predicted octanol–water partition coefficient (Wildman–Crippen LogP) is 2.66. The van der Waals surface area contributed by atoms with Crippen LogP contribution in [-0.2, 0) is 31.5 Å². The minimum Gasteiger partial charge on any atom is -2.00 e. The van der Waals surface area contributed by atoms with Crippen molar-refractivity contribution in [3.8, 4) is 0 Å². The molecule has 28 heavy (non-hydrogen) atoms. The number of piperazine rings is 1. The van der Waals surface area contributed by atoms with E-state index in [9.17, 15) is 10.4 Å². The van der Waals surface area contributed by atoms with Gasteiger partial charge in [-0.2, -0.15) is 0 Å². The van der Waals surface area contributed by atoms with Gasteiger partial charge in [-0.1, -0.05) is 70.5 Å². The normalized spacial score (nSPS) is 15.5. The molecule has 0 atom stereocenters. The Labute approximate surface area is 178 Å². The summed E-state index contributed by atoms with van der Waals surface area (Å²) in [6.45, 7) is 6.00. The molecule has 0 aromatic heterocycles. The summed E-state index contributed by atoms with van der Waals surface area (Å²) in [7, 11) is 0. The van der Waals surface area contributed by atoms with E-state index in [1.54, 1.807) is 0 Å². The van der Waals surface area contributed by atoms with Crippen LogP contribution in [0.4, 0.5) is 0 Å². The Morgan fingerprint density at radius 2 is 1.50 bits per heavy atom. The van der Waals surface area contributed by atoms with E-state index in [2.05, 4.69) is 27.3 Å². The van der Waals surface area contributed by atoms with Crippen molar-refractivity contribution in [2.45, 2.75) is 13.5 Å². The van der Waals surface area contributed by atoms with Gasteiger partial charge in [-0.05, 0) is 12.5 Å². The molecule has 0 saturated carbocycles. The van der Waals surface area contributed by atoms with Crippen LogP contribution in [0, 0.1) is 6.92 Å². The molecule has 1 heterocycles. The summed E-state index contributed by atoms with van der Waals surface area (Å²) in [6, 6.07) is 18.0. The van der Waals surface area contributed by atoms with Crippen molar-refractivity contribution in [2.75, 3.05) is 26.2 Å². The average Bonchev–Trinajstić information content (AvgIpc) is 2.69. The molecule has 0 amide bonds. The quantitative estimate of drug-likeness (QED) is 0.254. The molecule has 2 aromatic rings. The van der Waals surface area contributed by atoms with Gasteiger partial charge in [-0.25, -0.2) is 0 Å². The second-order valence-electron chi connectivity index (χ2n) is 6.49. The van der Waals surface area contributed by atoms with Crippen LogP contribution in [0.3, 0.4) is 0 Å². The Bertz CT molecular complexity index is 774.